The lowest BCUT2D eigenvalue weighted by atomic mass is 10.2. The van der Waals surface area contributed by atoms with Crippen LogP contribution in [0.1, 0.15) is 18.2 Å². The highest BCUT2D eigenvalue weighted by Crippen LogP contribution is 2.20. The number of nitrogens with two attached hydrogens (primary N) is 1. The first-order valence-electron chi connectivity index (χ1n) is 4.59. The zero-order valence-electron chi connectivity index (χ0n) is 7.97. The third-order valence-corrected chi connectivity index (χ3v) is 2.45. The molecule has 6 heteroatoms. The highest BCUT2D eigenvalue weighted by molar-refractivity contribution is 6.29. The normalized spacial score (nSPS) is 13.3. The number of nitrogens with zero attached hydrogens (tertiary/aromatic N) is 3. The van der Waals surface area contributed by atoms with Gasteiger partial charge >= 0.3 is 0 Å². The van der Waals surface area contributed by atoms with Gasteiger partial charge in [-0.1, -0.05) is 11.6 Å². The van der Waals surface area contributed by atoms with Gasteiger partial charge in [-0.2, -0.15) is 0 Å². The molecule has 2 rings (SSSR count). The second-order valence-corrected chi connectivity index (χ2v) is 3.57. The van der Waals surface area contributed by atoms with Gasteiger partial charge in [0.25, 0.3) is 0 Å². The first-order valence-corrected chi connectivity index (χ1v) is 4.97. The topological polar surface area (TPSA) is 76.4 Å². The Hall–Kier alpha value is -1.17. The van der Waals surface area contributed by atoms with E-state index in [0.29, 0.717) is 29.5 Å². The summed E-state index contributed by atoms with van der Waals surface area (Å²) in [6.07, 6.45) is 4.56. The maximum absolute atomic E-state index is 9.79. The Kier molecular flexibility index (Phi) is 2.86. The minimum absolute atomic E-state index is 0.401. The molecule has 0 saturated heterocycles. The van der Waals surface area contributed by atoms with E-state index in [4.69, 9.17) is 17.3 Å². The van der Waals surface area contributed by atoms with E-state index in [2.05, 4.69) is 9.97 Å². The molecule has 5 nitrogen and oxygen atoms in total. The predicted molar refractivity (Wildman–Crippen MR) is 56.6 cm³/mol. The van der Waals surface area contributed by atoms with Gasteiger partial charge in [-0.15, -0.1) is 0 Å². The van der Waals surface area contributed by atoms with Crippen molar-refractivity contribution in [3.8, 4) is 0 Å². The van der Waals surface area contributed by atoms with Crippen molar-refractivity contribution in [1.82, 2.24) is 14.4 Å². The zero-order chi connectivity index (χ0) is 10.8. The van der Waals surface area contributed by atoms with Crippen molar-refractivity contribution in [2.75, 3.05) is 6.54 Å². The van der Waals surface area contributed by atoms with Gasteiger partial charge in [-0.05, 0) is 13.0 Å². The third kappa shape index (κ3) is 1.81. The fraction of sp³-hybridized carbons (Fsp3) is 0.333. The van der Waals surface area contributed by atoms with Gasteiger partial charge in [0.2, 0.25) is 0 Å². The number of hydrogen-bond acceptors (Lipinski definition) is 4. The van der Waals surface area contributed by atoms with Crippen LogP contribution in [-0.4, -0.2) is 26.0 Å². The molecule has 0 spiro atoms. The summed E-state index contributed by atoms with van der Waals surface area (Å²) in [7, 11) is 0. The van der Waals surface area contributed by atoms with E-state index in [1.165, 1.54) is 6.20 Å². The van der Waals surface area contributed by atoms with Gasteiger partial charge in [-0.3, -0.25) is 9.38 Å². The van der Waals surface area contributed by atoms with Gasteiger partial charge in [0.1, 0.15) is 17.0 Å². The minimum atomic E-state index is -0.697. The smallest absolute Gasteiger partial charge is 0.162 e. The molecule has 0 aliphatic rings. The van der Waals surface area contributed by atoms with Crippen molar-refractivity contribution < 1.29 is 5.11 Å². The number of fused-ring (bicyclic) bond motifs is 1. The Morgan fingerprint density at radius 2 is 2.33 bits per heavy atom. The molecule has 1 unspecified atom stereocenters. The van der Waals surface area contributed by atoms with E-state index < -0.39 is 6.10 Å². The molecule has 0 aliphatic carbocycles. The fourth-order valence-electron chi connectivity index (χ4n) is 1.44. The average molecular weight is 227 g/mol. The molecule has 2 aromatic rings. The summed E-state index contributed by atoms with van der Waals surface area (Å²) in [5.74, 6) is 0. The van der Waals surface area contributed by atoms with Crippen molar-refractivity contribution in [2.24, 2.45) is 5.73 Å². The van der Waals surface area contributed by atoms with E-state index >= 15 is 0 Å². The van der Waals surface area contributed by atoms with Crippen LogP contribution in [0.4, 0.5) is 0 Å². The number of halogens is 1. The molecule has 0 aliphatic heterocycles. The summed E-state index contributed by atoms with van der Waals surface area (Å²) in [6.45, 7) is 0.401. The van der Waals surface area contributed by atoms with Crippen LogP contribution in [0.15, 0.2) is 18.6 Å². The molecule has 3 N–H and O–H groups in total. The van der Waals surface area contributed by atoms with Crippen LogP contribution in [0.2, 0.25) is 5.15 Å². The summed E-state index contributed by atoms with van der Waals surface area (Å²) in [5.41, 5.74) is 6.46. The van der Waals surface area contributed by atoms with Gasteiger partial charge in [-0.25, -0.2) is 4.98 Å². The van der Waals surface area contributed by atoms with E-state index in [0.717, 1.165) is 0 Å². The summed E-state index contributed by atoms with van der Waals surface area (Å²) in [4.78, 5) is 8.18. The number of hydrogen-bond donors (Lipinski definition) is 2. The third-order valence-electron chi connectivity index (χ3n) is 2.17. The minimum Gasteiger partial charge on any atom is -0.387 e. The van der Waals surface area contributed by atoms with Crippen molar-refractivity contribution in [2.45, 2.75) is 12.5 Å². The highest BCUT2D eigenvalue weighted by Gasteiger charge is 2.14. The monoisotopic (exact) mass is 226 g/mol. The van der Waals surface area contributed by atoms with E-state index in [-0.39, 0.29) is 0 Å². The van der Waals surface area contributed by atoms with Crippen LogP contribution in [-0.2, 0) is 0 Å². The molecule has 0 saturated carbocycles. The lowest BCUT2D eigenvalue weighted by molar-refractivity contribution is 0.166. The van der Waals surface area contributed by atoms with E-state index in [1.54, 1.807) is 16.8 Å². The zero-order valence-corrected chi connectivity index (χ0v) is 8.72. The Bertz CT molecular complexity index is 470. The first-order chi connectivity index (χ1) is 7.24. The molecule has 0 fully saturated rings. The number of rotatable bonds is 3. The van der Waals surface area contributed by atoms with E-state index in [9.17, 15) is 5.11 Å². The quantitative estimate of drug-likeness (QED) is 0.811. The van der Waals surface area contributed by atoms with Crippen LogP contribution in [0.5, 0.6) is 0 Å². The summed E-state index contributed by atoms with van der Waals surface area (Å²) < 4.78 is 1.67. The fourth-order valence-corrected chi connectivity index (χ4v) is 1.62. The molecule has 2 heterocycles. The largest absolute Gasteiger partial charge is 0.387 e. The van der Waals surface area contributed by atoms with Gasteiger partial charge in [0.15, 0.2) is 5.65 Å². The number of aliphatic hydroxyl groups excluding tert-OH is 1. The second-order valence-electron chi connectivity index (χ2n) is 3.18. The van der Waals surface area contributed by atoms with Gasteiger partial charge in [0.05, 0.1) is 6.20 Å². The maximum atomic E-state index is 9.79. The molecular formula is C9H11ClN4O. The van der Waals surface area contributed by atoms with Crippen LogP contribution in [0.3, 0.4) is 0 Å². The average Bonchev–Trinajstić information content (AvgIpc) is 2.61. The summed E-state index contributed by atoms with van der Waals surface area (Å²) >= 11 is 5.89. The lowest BCUT2D eigenvalue weighted by Crippen LogP contribution is -2.09. The molecule has 2 aromatic heterocycles. The van der Waals surface area contributed by atoms with Crippen molar-refractivity contribution in [3.63, 3.8) is 0 Å². The molecule has 15 heavy (non-hydrogen) atoms. The second kappa shape index (κ2) is 4.14. The van der Waals surface area contributed by atoms with Gasteiger partial charge in [0, 0.05) is 12.4 Å². The maximum Gasteiger partial charge on any atom is 0.162 e. The van der Waals surface area contributed by atoms with Crippen molar-refractivity contribution in [3.05, 3.63) is 29.4 Å². The van der Waals surface area contributed by atoms with Crippen LogP contribution in [0.25, 0.3) is 5.65 Å². The van der Waals surface area contributed by atoms with Crippen LogP contribution in [0, 0.1) is 0 Å². The molecular weight excluding hydrogens is 216 g/mol. The standard InChI is InChI=1S/C9H11ClN4O/c10-7-5-13-9-8(6(15)1-2-11)12-3-4-14(7)9/h3-6,15H,1-2,11H2. The first kappa shape index (κ1) is 10.4. The Labute approximate surface area is 91.5 Å². The molecule has 0 radical (unpaired) electrons. The molecule has 0 aromatic carbocycles. The number of imidazole rings is 1. The Morgan fingerprint density at radius 3 is 3.07 bits per heavy atom. The highest BCUT2D eigenvalue weighted by atomic mass is 35.5. The summed E-state index contributed by atoms with van der Waals surface area (Å²) in [6, 6.07) is 0. The molecule has 0 bridgehead atoms. The molecule has 80 valence electrons. The number of aromatic nitrogens is 3. The van der Waals surface area contributed by atoms with Gasteiger partial charge < -0.3 is 10.8 Å². The van der Waals surface area contributed by atoms with Crippen LogP contribution >= 0.6 is 11.6 Å². The van der Waals surface area contributed by atoms with Crippen molar-refractivity contribution in [1.29, 1.82) is 0 Å². The Balaban J connectivity index is 2.51. The van der Waals surface area contributed by atoms with Crippen LogP contribution < -0.4 is 5.73 Å². The van der Waals surface area contributed by atoms with Crippen molar-refractivity contribution >= 4 is 17.2 Å². The summed E-state index contributed by atoms with van der Waals surface area (Å²) in [5, 5.41) is 10.3. The molecule has 0 amide bonds. The van der Waals surface area contributed by atoms with E-state index in [1.807, 2.05) is 0 Å². The molecule has 1 atom stereocenters. The SMILES string of the molecule is NCCC(O)c1nccn2c(Cl)cnc12. The predicted octanol–water partition coefficient (Wildman–Crippen LogP) is 0.765. The lowest BCUT2D eigenvalue weighted by Gasteiger charge is -2.09. The Morgan fingerprint density at radius 1 is 1.53 bits per heavy atom. The number of aliphatic hydroxyl groups is 1.